The van der Waals surface area contributed by atoms with E-state index in [4.69, 9.17) is 11.6 Å². The van der Waals surface area contributed by atoms with Crippen LogP contribution in [0.1, 0.15) is 50.8 Å². The summed E-state index contributed by atoms with van der Waals surface area (Å²) in [6.45, 7) is 11.3. The van der Waals surface area contributed by atoms with Crippen molar-refractivity contribution in [3.63, 3.8) is 0 Å². The number of piperazine rings is 1. The predicted molar refractivity (Wildman–Crippen MR) is 133 cm³/mol. The number of likely N-dealkylation sites (tertiary alicyclic amines) is 1. The highest BCUT2D eigenvalue weighted by Gasteiger charge is 2.35. The Hall–Kier alpha value is -1.94. The van der Waals surface area contributed by atoms with Crippen LogP contribution in [0.3, 0.4) is 0 Å². The fourth-order valence-corrected chi connectivity index (χ4v) is 5.74. The molecule has 0 bridgehead atoms. The summed E-state index contributed by atoms with van der Waals surface area (Å²) >= 11 is 6.65. The molecular formula is C24H34ClN5O3S. The van der Waals surface area contributed by atoms with Crippen LogP contribution in [0.15, 0.2) is 35.5 Å². The van der Waals surface area contributed by atoms with Crippen molar-refractivity contribution in [2.45, 2.75) is 56.8 Å². The summed E-state index contributed by atoms with van der Waals surface area (Å²) in [5.41, 5.74) is 2.53. The van der Waals surface area contributed by atoms with Crippen molar-refractivity contribution in [3.05, 3.63) is 46.6 Å². The summed E-state index contributed by atoms with van der Waals surface area (Å²) < 4.78 is 24.4. The third-order valence-electron chi connectivity index (χ3n) is 6.72. The molecule has 0 N–H and O–H groups in total. The Kier molecular flexibility index (Phi) is 7.11. The molecule has 0 spiro atoms. The van der Waals surface area contributed by atoms with E-state index in [1.165, 1.54) is 29.8 Å². The van der Waals surface area contributed by atoms with Gasteiger partial charge in [0.2, 0.25) is 0 Å². The fourth-order valence-electron chi connectivity index (χ4n) is 4.95. The molecule has 34 heavy (non-hydrogen) atoms. The minimum absolute atomic E-state index is 0.0923. The van der Waals surface area contributed by atoms with E-state index in [2.05, 4.69) is 47.8 Å². The minimum Gasteiger partial charge on any atom is -0.320 e. The zero-order chi connectivity index (χ0) is 24.7. The number of hydrogen-bond donors (Lipinski definition) is 0. The highest BCUT2D eigenvalue weighted by atomic mass is 35.5. The number of benzene rings is 1. The smallest absolute Gasteiger partial charge is 0.320 e. The first-order chi connectivity index (χ1) is 15.9. The lowest BCUT2D eigenvalue weighted by atomic mass is 9.97. The molecule has 2 saturated heterocycles. The molecular weight excluding hydrogens is 474 g/mol. The fraction of sp³-hybridized carbons (Fsp3) is 0.583. The SMILES string of the molecule is CC(C)(C)N1CCCC1c1cc(CN2CCN(C(=O)n3ccc(S(C)(=O)=O)n3)CC2)ccc1Cl. The summed E-state index contributed by atoms with van der Waals surface area (Å²) in [5, 5.41) is 4.66. The third-order valence-corrected chi connectivity index (χ3v) is 8.05. The second kappa shape index (κ2) is 9.60. The van der Waals surface area contributed by atoms with E-state index in [0.717, 1.165) is 48.6 Å². The van der Waals surface area contributed by atoms with Gasteiger partial charge in [-0.2, -0.15) is 9.78 Å². The van der Waals surface area contributed by atoms with Crippen LogP contribution in [0.25, 0.3) is 0 Å². The Morgan fingerprint density at radius 3 is 2.44 bits per heavy atom. The molecule has 8 nitrogen and oxygen atoms in total. The zero-order valence-electron chi connectivity index (χ0n) is 20.4. The molecule has 0 saturated carbocycles. The Labute approximate surface area is 207 Å². The maximum Gasteiger partial charge on any atom is 0.344 e. The van der Waals surface area contributed by atoms with E-state index < -0.39 is 9.84 Å². The average molecular weight is 508 g/mol. The van der Waals surface area contributed by atoms with E-state index in [-0.39, 0.29) is 16.6 Å². The van der Waals surface area contributed by atoms with E-state index in [1.807, 2.05) is 6.07 Å². The molecule has 3 heterocycles. The monoisotopic (exact) mass is 507 g/mol. The van der Waals surface area contributed by atoms with Gasteiger partial charge in [-0.1, -0.05) is 23.7 Å². The second-order valence-corrected chi connectivity index (χ2v) is 12.7. The second-order valence-electron chi connectivity index (χ2n) is 10.3. The van der Waals surface area contributed by atoms with Crippen molar-refractivity contribution in [3.8, 4) is 0 Å². The maximum absolute atomic E-state index is 12.7. The minimum atomic E-state index is -3.44. The number of nitrogens with zero attached hydrogens (tertiary/aromatic N) is 5. The molecule has 1 unspecified atom stereocenters. The molecule has 1 atom stereocenters. The Balaban J connectivity index is 1.38. The number of hydrogen-bond acceptors (Lipinski definition) is 6. The van der Waals surface area contributed by atoms with Gasteiger partial charge in [0.15, 0.2) is 14.9 Å². The summed E-state index contributed by atoms with van der Waals surface area (Å²) in [5.74, 6) is 0. The van der Waals surface area contributed by atoms with E-state index in [0.29, 0.717) is 19.1 Å². The molecule has 1 amide bonds. The molecule has 2 aliphatic heterocycles. The number of halogens is 1. The molecule has 10 heteroatoms. The first-order valence-corrected chi connectivity index (χ1v) is 14.0. The number of aromatic nitrogens is 2. The molecule has 1 aromatic carbocycles. The first kappa shape index (κ1) is 25.2. The largest absolute Gasteiger partial charge is 0.344 e. The molecule has 2 aliphatic rings. The van der Waals surface area contributed by atoms with E-state index in [9.17, 15) is 13.2 Å². The van der Waals surface area contributed by atoms with Crippen LogP contribution in [-0.2, 0) is 16.4 Å². The van der Waals surface area contributed by atoms with Crippen LogP contribution in [0.5, 0.6) is 0 Å². The van der Waals surface area contributed by atoms with Crippen LogP contribution >= 0.6 is 11.6 Å². The lowest BCUT2D eigenvalue weighted by Gasteiger charge is -2.38. The van der Waals surface area contributed by atoms with Gasteiger partial charge in [0.25, 0.3) is 0 Å². The highest BCUT2D eigenvalue weighted by molar-refractivity contribution is 7.90. The van der Waals surface area contributed by atoms with Gasteiger partial charge in [-0.15, -0.1) is 0 Å². The van der Waals surface area contributed by atoms with Gasteiger partial charge < -0.3 is 4.90 Å². The van der Waals surface area contributed by atoms with Crippen LogP contribution in [0.2, 0.25) is 5.02 Å². The average Bonchev–Trinajstić information content (AvgIpc) is 3.45. The lowest BCUT2D eigenvalue weighted by Crippen LogP contribution is -2.49. The quantitative estimate of drug-likeness (QED) is 0.628. The van der Waals surface area contributed by atoms with Crippen LogP contribution in [-0.4, -0.2) is 83.4 Å². The van der Waals surface area contributed by atoms with Gasteiger partial charge >= 0.3 is 6.03 Å². The van der Waals surface area contributed by atoms with Crippen molar-refractivity contribution in [1.29, 1.82) is 0 Å². The molecule has 2 fully saturated rings. The molecule has 186 valence electrons. The topological polar surface area (TPSA) is 78.8 Å². The van der Waals surface area contributed by atoms with Gasteiger partial charge in [0, 0.05) is 61.8 Å². The summed E-state index contributed by atoms with van der Waals surface area (Å²) in [6, 6.07) is 7.76. The molecule has 1 aromatic heterocycles. The van der Waals surface area contributed by atoms with Crippen LogP contribution in [0, 0.1) is 0 Å². The van der Waals surface area contributed by atoms with Crippen molar-refractivity contribution < 1.29 is 13.2 Å². The van der Waals surface area contributed by atoms with Gasteiger partial charge in [-0.25, -0.2) is 13.2 Å². The number of sulfone groups is 1. The van der Waals surface area contributed by atoms with Gasteiger partial charge in [0.05, 0.1) is 0 Å². The summed E-state index contributed by atoms with van der Waals surface area (Å²) in [7, 11) is -3.44. The molecule has 0 radical (unpaired) electrons. The number of carbonyl (C=O) groups is 1. The van der Waals surface area contributed by atoms with Gasteiger partial charge in [-0.05, 0) is 63.4 Å². The van der Waals surface area contributed by atoms with Crippen molar-refractivity contribution in [2.75, 3.05) is 39.0 Å². The van der Waals surface area contributed by atoms with Crippen LogP contribution < -0.4 is 0 Å². The van der Waals surface area contributed by atoms with E-state index in [1.54, 1.807) is 4.90 Å². The standard InChI is InChI=1S/C24H34ClN5O3S/c1-24(2,3)29-10-5-6-21(29)19-16-18(7-8-20(19)25)17-27-12-14-28(15-13-27)23(31)30-11-9-22(26-30)34(4,32)33/h7-9,11,16,21H,5-6,10,12-15,17H2,1-4H3. The molecule has 4 rings (SSSR count). The number of rotatable bonds is 4. The first-order valence-electron chi connectivity index (χ1n) is 11.8. The Bertz CT molecular complexity index is 1150. The lowest BCUT2D eigenvalue weighted by molar-refractivity contribution is 0.121. The van der Waals surface area contributed by atoms with Gasteiger partial charge in [0.1, 0.15) is 0 Å². The zero-order valence-corrected chi connectivity index (χ0v) is 21.9. The molecule has 0 aliphatic carbocycles. The van der Waals surface area contributed by atoms with E-state index >= 15 is 0 Å². The Morgan fingerprint density at radius 1 is 1.12 bits per heavy atom. The van der Waals surface area contributed by atoms with Gasteiger partial charge in [-0.3, -0.25) is 9.80 Å². The summed E-state index contributed by atoms with van der Waals surface area (Å²) in [6.07, 6.45) is 4.79. The predicted octanol–water partition coefficient (Wildman–Crippen LogP) is 3.66. The third kappa shape index (κ3) is 5.48. The van der Waals surface area contributed by atoms with Crippen molar-refractivity contribution in [2.24, 2.45) is 0 Å². The normalized spacial score (nSPS) is 20.7. The number of amides is 1. The maximum atomic E-state index is 12.7. The highest BCUT2D eigenvalue weighted by Crippen LogP contribution is 2.40. The molecule has 2 aromatic rings. The number of carbonyl (C=O) groups excluding carboxylic acids is 1. The van der Waals surface area contributed by atoms with Crippen molar-refractivity contribution >= 4 is 27.5 Å². The van der Waals surface area contributed by atoms with Crippen molar-refractivity contribution in [1.82, 2.24) is 24.5 Å². The summed E-state index contributed by atoms with van der Waals surface area (Å²) in [4.78, 5) is 19.3. The van der Waals surface area contributed by atoms with Crippen LogP contribution in [0.4, 0.5) is 4.79 Å². The Morgan fingerprint density at radius 2 is 1.82 bits per heavy atom.